The number of nitrogens with zero attached hydrogens (tertiary/aromatic N) is 3. The van der Waals surface area contributed by atoms with Crippen molar-refractivity contribution in [3.63, 3.8) is 0 Å². The Kier molecular flexibility index (Phi) is 5.44. The van der Waals surface area contributed by atoms with Crippen LogP contribution >= 0.6 is 0 Å². The summed E-state index contributed by atoms with van der Waals surface area (Å²) in [5.74, 6) is 0.903. The summed E-state index contributed by atoms with van der Waals surface area (Å²) >= 11 is 0. The van der Waals surface area contributed by atoms with E-state index in [1.165, 1.54) is 9.08 Å². The lowest BCUT2D eigenvalue weighted by Gasteiger charge is -2.09. The number of hydrogen-bond acceptors (Lipinski definition) is 5. The highest BCUT2D eigenvalue weighted by Gasteiger charge is 2.13. The molecule has 0 unspecified atom stereocenters. The van der Waals surface area contributed by atoms with E-state index in [9.17, 15) is 9.59 Å². The number of carbonyl (C=O) groups is 1. The predicted octanol–water partition coefficient (Wildman–Crippen LogP) is 3.13. The lowest BCUT2D eigenvalue weighted by molar-refractivity contribution is -0.116. The highest BCUT2D eigenvalue weighted by molar-refractivity contribution is 5.91. The van der Waals surface area contributed by atoms with Crippen LogP contribution in [0.25, 0.3) is 16.8 Å². The summed E-state index contributed by atoms with van der Waals surface area (Å²) < 4.78 is 13.5. The van der Waals surface area contributed by atoms with Gasteiger partial charge in [-0.3, -0.25) is 9.59 Å². The number of fused-ring (bicyclic) bond motifs is 1. The lowest BCUT2D eigenvalue weighted by atomic mass is 10.1. The Bertz CT molecular complexity index is 1320. The first-order chi connectivity index (χ1) is 15.0. The zero-order valence-electron chi connectivity index (χ0n) is 17.5. The number of para-hydroxylation sites is 1. The maximum atomic E-state index is 12.9. The van der Waals surface area contributed by atoms with Crippen molar-refractivity contribution in [3.05, 3.63) is 76.8 Å². The summed E-state index contributed by atoms with van der Waals surface area (Å²) in [5, 5.41) is 7.32. The number of methoxy groups -OCH3 is 2. The molecule has 2 aromatic carbocycles. The molecule has 2 heterocycles. The number of aryl methyl sites for hydroxylation is 1. The van der Waals surface area contributed by atoms with Crippen LogP contribution in [0.4, 0.5) is 5.69 Å². The maximum Gasteiger partial charge on any atom is 0.277 e. The number of benzene rings is 2. The minimum absolute atomic E-state index is 0.0967. The first-order valence-corrected chi connectivity index (χ1v) is 9.67. The lowest BCUT2D eigenvalue weighted by Crippen LogP contribution is -2.28. The number of hydrogen-bond donors (Lipinski definition) is 1. The van der Waals surface area contributed by atoms with E-state index in [-0.39, 0.29) is 18.0 Å². The van der Waals surface area contributed by atoms with E-state index >= 15 is 0 Å². The summed E-state index contributed by atoms with van der Waals surface area (Å²) in [6, 6.07) is 14.6. The number of anilines is 1. The molecule has 1 N–H and O–H groups in total. The number of aromatic nitrogens is 3. The Morgan fingerprint density at radius 3 is 2.55 bits per heavy atom. The van der Waals surface area contributed by atoms with Gasteiger partial charge in [0.2, 0.25) is 5.91 Å². The largest absolute Gasteiger partial charge is 0.493 e. The van der Waals surface area contributed by atoms with Gasteiger partial charge in [-0.15, -0.1) is 0 Å². The van der Waals surface area contributed by atoms with E-state index in [2.05, 4.69) is 10.4 Å². The van der Waals surface area contributed by atoms with Crippen LogP contribution in [0.1, 0.15) is 5.56 Å². The molecule has 8 nitrogen and oxygen atoms in total. The summed E-state index contributed by atoms with van der Waals surface area (Å²) in [4.78, 5) is 25.4. The fraction of sp³-hybridized carbons (Fsp3) is 0.174. The summed E-state index contributed by atoms with van der Waals surface area (Å²) in [5.41, 5.74) is 3.14. The van der Waals surface area contributed by atoms with Gasteiger partial charge in [0.05, 0.1) is 19.9 Å². The van der Waals surface area contributed by atoms with Crippen LogP contribution in [-0.4, -0.2) is 34.3 Å². The van der Waals surface area contributed by atoms with Gasteiger partial charge in [0.15, 0.2) is 11.5 Å². The Morgan fingerprint density at radius 2 is 1.81 bits per heavy atom. The van der Waals surface area contributed by atoms with Crippen LogP contribution < -0.4 is 20.3 Å². The van der Waals surface area contributed by atoms with Crippen molar-refractivity contribution in [3.8, 4) is 22.8 Å². The molecule has 0 saturated carbocycles. The molecule has 158 valence electrons. The van der Waals surface area contributed by atoms with Gasteiger partial charge in [-0.05, 0) is 42.8 Å². The summed E-state index contributed by atoms with van der Waals surface area (Å²) in [6.07, 6.45) is 3.21. The van der Waals surface area contributed by atoms with Crippen molar-refractivity contribution in [1.29, 1.82) is 0 Å². The smallest absolute Gasteiger partial charge is 0.277 e. The first-order valence-electron chi connectivity index (χ1n) is 9.67. The van der Waals surface area contributed by atoms with Gasteiger partial charge in [0, 0.05) is 23.6 Å². The highest BCUT2D eigenvalue weighted by Crippen LogP contribution is 2.31. The maximum absolute atomic E-state index is 12.9. The van der Waals surface area contributed by atoms with Crippen LogP contribution in [0.3, 0.4) is 0 Å². The van der Waals surface area contributed by atoms with Gasteiger partial charge >= 0.3 is 0 Å². The normalized spacial score (nSPS) is 10.8. The third kappa shape index (κ3) is 4.00. The summed E-state index contributed by atoms with van der Waals surface area (Å²) in [7, 11) is 3.13. The zero-order valence-corrected chi connectivity index (χ0v) is 17.5. The topological polar surface area (TPSA) is 86.9 Å². The second-order valence-corrected chi connectivity index (χ2v) is 7.02. The number of nitrogens with one attached hydrogen (secondary N) is 1. The van der Waals surface area contributed by atoms with Gasteiger partial charge < -0.3 is 19.4 Å². The number of carbonyl (C=O) groups excluding carboxylic acids is 1. The molecule has 1 amide bonds. The van der Waals surface area contributed by atoms with Crippen molar-refractivity contribution < 1.29 is 14.3 Å². The molecule has 4 rings (SSSR count). The van der Waals surface area contributed by atoms with Crippen LogP contribution in [0.5, 0.6) is 11.5 Å². The second kappa shape index (κ2) is 8.35. The Labute approximate surface area is 178 Å². The monoisotopic (exact) mass is 418 g/mol. The third-order valence-corrected chi connectivity index (χ3v) is 5.02. The molecule has 0 aliphatic rings. The SMILES string of the molecule is COc1ccc(-c2cc3c(=O)n(CC(=O)Nc4ccccc4C)ccn3n2)cc1OC. The van der Waals surface area contributed by atoms with E-state index in [0.29, 0.717) is 22.7 Å². The van der Waals surface area contributed by atoms with Crippen molar-refractivity contribution in [2.45, 2.75) is 13.5 Å². The number of rotatable bonds is 6. The van der Waals surface area contributed by atoms with Gasteiger partial charge in [0.25, 0.3) is 5.56 Å². The van der Waals surface area contributed by atoms with E-state index in [0.717, 1.165) is 16.8 Å². The van der Waals surface area contributed by atoms with E-state index in [4.69, 9.17) is 9.47 Å². The van der Waals surface area contributed by atoms with Gasteiger partial charge in [-0.25, -0.2) is 4.52 Å². The molecule has 0 fully saturated rings. The van der Waals surface area contributed by atoms with Crippen LogP contribution in [0.2, 0.25) is 0 Å². The quantitative estimate of drug-likeness (QED) is 0.520. The minimum Gasteiger partial charge on any atom is -0.493 e. The average Bonchev–Trinajstić information content (AvgIpc) is 3.22. The zero-order chi connectivity index (χ0) is 22.0. The molecule has 0 spiro atoms. The molecule has 0 bridgehead atoms. The molecular formula is C23H22N4O4. The van der Waals surface area contributed by atoms with Crippen molar-refractivity contribution >= 4 is 17.1 Å². The fourth-order valence-corrected chi connectivity index (χ4v) is 3.34. The molecule has 0 saturated heterocycles. The molecule has 2 aromatic heterocycles. The van der Waals surface area contributed by atoms with Crippen LogP contribution in [0, 0.1) is 6.92 Å². The van der Waals surface area contributed by atoms with Crippen molar-refractivity contribution in [2.24, 2.45) is 0 Å². The van der Waals surface area contributed by atoms with Crippen LogP contribution in [0.15, 0.2) is 65.7 Å². The van der Waals surface area contributed by atoms with E-state index < -0.39 is 0 Å². The minimum atomic E-state index is -0.304. The molecule has 8 heteroatoms. The van der Waals surface area contributed by atoms with E-state index in [1.54, 1.807) is 44.8 Å². The molecular weight excluding hydrogens is 396 g/mol. The Morgan fingerprint density at radius 1 is 1.03 bits per heavy atom. The van der Waals surface area contributed by atoms with E-state index in [1.807, 2.05) is 37.3 Å². The molecule has 0 aliphatic heterocycles. The second-order valence-electron chi connectivity index (χ2n) is 7.02. The first kappa shape index (κ1) is 20.2. The van der Waals surface area contributed by atoms with Crippen LogP contribution in [-0.2, 0) is 11.3 Å². The Balaban J connectivity index is 1.62. The molecule has 0 radical (unpaired) electrons. The Hall–Kier alpha value is -4.07. The molecule has 0 aliphatic carbocycles. The van der Waals surface area contributed by atoms with Crippen molar-refractivity contribution in [2.75, 3.05) is 19.5 Å². The highest BCUT2D eigenvalue weighted by atomic mass is 16.5. The predicted molar refractivity (Wildman–Crippen MR) is 118 cm³/mol. The average molecular weight is 418 g/mol. The van der Waals surface area contributed by atoms with Crippen molar-refractivity contribution in [1.82, 2.24) is 14.2 Å². The third-order valence-electron chi connectivity index (χ3n) is 5.02. The van der Waals surface area contributed by atoms with Gasteiger partial charge in [-0.1, -0.05) is 18.2 Å². The van der Waals surface area contributed by atoms with Gasteiger partial charge in [0.1, 0.15) is 12.1 Å². The molecule has 0 atom stereocenters. The molecule has 4 aromatic rings. The fourth-order valence-electron chi connectivity index (χ4n) is 3.34. The number of ether oxygens (including phenoxy) is 2. The standard InChI is InChI=1S/C23H22N4O4/c1-15-6-4-5-7-17(15)24-22(28)14-26-10-11-27-19(23(26)29)13-18(25-27)16-8-9-20(30-2)21(12-16)31-3/h4-13H,14H2,1-3H3,(H,24,28). The molecule has 31 heavy (non-hydrogen) atoms. The summed E-state index contributed by atoms with van der Waals surface area (Å²) in [6.45, 7) is 1.82. The van der Waals surface area contributed by atoms with Gasteiger partial charge in [-0.2, -0.15) is 5.10 Å². The number of amides is 1.